The van der Waals surface area contributed by atoms with Crippen molar-refractivity contribution >= 4 is 17.6 Å². The SMILES string of the molecule is Cc1c(C#N)nnc(N2CCc3ncc(/C(C=NCCN(C)C)=C/N)cc3C2)c1C. The Morgan fingerprint density at radius 2 is 2.13 bits per heavy atom. The number of fused-ring (bicyclic) bond motifs is 1. The highest BCUT2D eigenvalue weighted by Crippen LogP contribution is 2.27. The van der Waals surface area contributed by atoms with Gasteiger partial charge in [0.05, 0.1) is 6.54 Å². The number of aromatic nitrogens is 3. The zero-order valence-corrected chi connectivity index (χ0v) is 18.1. The van der Waals surface area contributed by atoms with Gasteiger partial charge in [-0.05, 0) is 50.7 Å². The van der Waals surface area contributed by atoms with Gasteiger partial charge in [-0.15, -0.1) is 10.2 Å². The molecule has 0 amide bonds. The molecule has 0 radical (unpaired) electrons. The van der Waals surface area contributed by atoms with Gasteiger partial charge in [0, 0.05) is 61.5 Å². The molecule has 1 aliphatic heterocycles. The summed E-state index contributed by atoms with van der Waals surface area (Å²) in [6.07, 6.45) is 6.08. The van der Waals surface area contributed by atoms with Crippen LogP contribution >= 0.6 is 0 Å². The van der Waals surface area contributed by atoms with Crippen molar-refractivity contribution in [1.29, 1.82) is 5.26 Å². The van der Waals surface area contributed by atoms with Crippen molar-refractivity contribution in [3.8, 4) is 6.07 Å². The normalized spacial score (nSPS) is 14.3. The lowest BCUT2D eigenvalue weighted by molar-refractivity contribution is 0.421. The minimum atomic E-state index is 0.379. The highest BCUT2D eigenvalue weighted by molar-refractivity contribution is 6.09. The predicted molar refractivity (Wildman–Crippen MR) is 119 cm³/mol. The molecule has 0 aliphatic carbocycles. The van der Waals surface area contributed by atoms with Crippen molar-refractivity contribution in [2.24, 2.45) is 10.7 Å². The second-order valence-corrected chi connectivity index (χ2v) is 7.70. The summed E-state index contributed by atoms with van der Waals surface area (Å²) < 4.78 is 0. The second-order valence-electron chi connectivity index (χ2n) is 7.70. The molecule has 3 heterocycles. The highest BCUT2D eigenvalue weighted by Gasteiger charge is 2.22. The van der Waals surface area contributed by atoms with Gasteiger partial charge in [-0.3, -0.25) is 9.98 Å². The minimum absolute atomic E-state index is 0.379. The molecule has 8 nitrogen and oxygen atoms in total. The summed E-state index contributed by atoms with van der Waals surface area (Å²) in [7, 11) is 4.05. The number of allylic oxidation sites excluding steroid dienone is 1. The van der Waals surface area contributed by atoms with E-state index in [0.717, 1.165) is 58.8 Å². The fourth-order valence-electron chi connectivity index (χ4n) is 3.40. The molecule has 0 bridgehead atoms. The Balaban J connectivity index is 1.82. The lowest BCUT2D eigenvalue weighted by Crippen LogP contribution is -2.32. The molecule has 8 heteroatoms. The summed E-state index contributed by atoms with van der Waals surface area (Å²) in [5.41, 5.74) is 12.1. The van der Waals surface area contributed by atoms with Gasteiger partial charge in [0.2, 0.25) is 0 Å². The maximum atomic E-state index is 9.18. The number of hydrogen-bond acceptors (Lipinski definition) is 8. The second kappa shape index (κ2) is 9.46. The van der Waals surface area contributed by atoms with E-state index in [1.807, 2.05) is 40.4 Å². The van der Waals surface area contributed by atoms with Crippen molar-refractivity contribution < 1.29 is 0 Å². The smallest absolute Gasteiger partial charge is 0.166 e. The number of hydrogen-bond donors (Lipinski definition) is 1. The fraction of sp³-hybridized carbons (Fsp3) is 0.409. The average molecular weight is 405 g/mol. The fourth-order valence-corrected chi connectivity index (χ4v) is 3.40. The Bertz CT molecular complexity index is 1020. The number of nitrogens with zero attached hydrogens (tertiary/aromatic N) is 7. The Morgan fingerprint density at radius 3 is 2.83 bits per heavy atom. The van der Waals surface area contributed by atoms with E-state index < -0.39 is 0 Å². The Labute approximate surface area is 177 Å². The molecular weight excluding hydrogens is 376 g/mol. The quantitative estimate of drug-likeness (QED) is 0.732. The maximum absolute atomic E-state index is 9.18. The van der Waals surface area contributed by atoms with Crippen molar-refractivity contribution in [1.82, 2.24) is 20.1 Å². The first-order chi connectivity index (χ1) is 14.4. The molecule has 2 aromatic rings. The number of likely N-dealkylation sites (N-methyl/N-ethyl adjacent to an activating group) is 1. The maximum Gasteiger partial charge on any atom is 0.166 e. The van der Waals surface area contributed by atoms with Crippen LogP contribution in [-0.2, 0) is 13.0 Å². The number of rotatable bonds is 6. The van der Waals surface area contributed by atoms with E-state index in [0.29, 0.717) is 18.8 Å². The van der Waals surface area contributed by atoms with Gasteiger partial charge < -0.3 is 15.5 Å². The first-order valence-corrected chi connectivity index (χ1v) is 9.98. The summed E-state index contributed by atoms with van der Waals surface area (Å²) in [5.74, 6) is 0.822. The molecule has 1 aliphatic rings. The van der Waals surface area contributed by atoms with Gasteiger partial charge in [0.1, 0.15) is 6.07 Å². The van der Waals surface area contributed by atoms with Gasteiger partial charge >= 0.3 is 0 Å². The lowest BCUT2D eigenvalue weighted by atomic mass is 10.00. The number of aliphatic imine (C=N–C) groups is 1. The molecule has 0 unspecified atom stereocenters. The molecule has 2 aromatic heterocycles. The highest BCUT2D eigenvalue weighted by atomic mass is 15.3. The standard InChI is InChI=1S/C22H28N8/c1-15-16(2)22(28-27-21(15)11-24)30-7-5-20-18(14-30)9-17(13-26-20)19(10-23)12-25-6-8-29(3)4/h9-10,12-13H,5-8,14,23H2,1-4H3/b19-10+,25-12?. The van der Waals surface area contributed by atoms with Crippen LogP contribution in [0, 0.1) is 25.2 Å². The van der Waals surface area contributed by atoms with Crippen molar-refractivity contribution in [3.63, 3.8) is 0 Å². The first-order valence-electron chi connectivity index (χ1n) is 9.98. The van der Waals surface area contributed by atoms with Crippen LogP contribution in [0.4, 0.5) is 5.82 Å². The monoisotopic (exact) mass is 404 g/mol. The topological polar surface area (TPSA) is 107 Å². The molecule has 3 rings (SSSR count). The molecular formula is C22H28N8. The van der Waals surface area contributed by atoms with E-state index >= 15 is 0 Å². The molecule has 0 spiro atoms. The third kappa shape index (κ3) is 4.63. The van der Waals surface area contributed by atoms with E-state index in [1.165, 1.54) is 0 Å². The van der Waals surface area contributed by atoms with Gasteiger partial charge in [-0.2, -0.15) is 5.26 Å². The van der Waals surface area contributed by atoms with E-state index in [9.17, 15) is 5.26 Å². The number of anilines is 1. The van der Waals surface area contributed by atoms with Gasteiger partial charge in [-0.25, -0.2) is 0 Å². The zero-order valence-electron chi connectivity index (χ0n) is 18.1. The van der Waals surface area contributed by atoms with Gasteiger partial charge in [-0.1, -0.05) is 0 Å². The van der Waals surface area contributed by atoms with E-state index in [4.69, 9.17) is 5.73 Å². The van der Waals surface area contributed by atoms with Crippen molar-refractivity contribution in [2.75, 3.05) is 38.6 Å². The molecule has 0 fully saturated rings. The van der Waals surface area contributed by atoms with Crippen LogP contribution in [0.25, 0.3) is 5.57 Å². The number of nitrogens with two attached hydrogens (primary N) is 1. The molecule has 156 valence electrons. The summed E-state index contributed by atoms with van der Waals surface area (Å²) >= 11 is 0. The Morgan fingerprint density at radius 1 is 1.33 bits per heavy atom. The average Bonchev–Trinajstić information content (AvgIpc) is 2.75. The number of nitriles is 1. The van der Waals surface area contributed by atoms with E-state index in [2.05, 4.69) is 42.1 Å². The Hall–Kier alpha value is -3.31. The van der Waals surface area contributed by atoms with Crippen LogP contribution in [0.2, 0.25) is 0 Å². The van der Waals surface area contributed by atoms with Gasteiger partial charge in [0.15, 0.2) is 11.5 Å². The molecule has 2 N–H and O–H groups in total. The van der Waals surface area contributed by atoms with Crippen LogP contribution in [0.15, 0.2) is 23.5 Å². The third-order valence-corrected chi connectivity index (χ3v) is 5.36. The summed E-state index contributed by atoms with van der Waals surface area (Å²) in [5, 5.41) is 17.6. The van der Waals surface area contributed by atoms with Crippen molar-refractivity contribution in [3.05, 3.63) is 52.1 Å². The molecule has 30 heavy (non-hydrogen) atoms. The van der Waals surface area contributed by atoms with Crippen molar-refractivity contribution in [2.45, 2.75) is 26.8 Å². The summed E-state index contributed by atoms with van der Waals surface area (Å²) in [6.45, 7) is 7.00. The zero-order chi connectivity index (χ0) is 21.7. The predicted octanol–water partition coefficient (Wildman–Crippen LogP) is 1.85. The van der Waals surface area contributed by atoms with Crippen LogP contribution in [0.1, 0.15) is 33.6 Å². The summed E-state index contributed by atoms with van der Waals surface area (Å²) in [4.78, 5) is 13.4. The Kier molecular flexibility index (Phi) is 6.75. The molecule has 0 saturated carbocycles. The molecule has 0 aromatic carbocycles. The van der Waals surface area contributed by atoms with Crippen LogP contribution in [0.5, 0.6) is 0 Å². The molecule has 0 atom stereocenters. The number of pyridine rings is 1. The first kappa shape index (κ1) is 21.4. The largest absolute Gasteiger partial charge is 0.404 e. The van der Waals surface area contributed by atoms with Crippen LogP contribution in [0.3, 0.4) is 0 Å². The van der Waals surface area contributed by atoms with Crippen LogP contribution in [-0.4, -0.2) is 60.0 Å². The molecule has 0 saturated heterocycles. The van der Waals surface area contributed by atoms with Crippen LogP contribution < -0.4 is 10.6 Å². The van der Waals surface area contributed by atoms with Gasteiger partial charge in [0.25, 0.3) is 0 Å². The lowest BCUT2D eigenvalue weighted by Gasteiger charge is -2.30. The van der Waals surface area contributed by atoms with E-state index in [1.54, 1.807) is 6.20 Å². The van der Waals surface area contributed by atoms with E-state index in [-0.39, 0.29) is 0 Å². The summed E-state index contributed by atoms with van der Waals surface area (Å²) in [6, 6.07) is 4.23. The third-order valence-electron chi connectivity index (χ3n) is 5.36. The minimum Gasteiger partial charge on any atom is -0.404 e.